The number of thioether (sulfide) groups is 1. The van der Waals surface area contributed by atoms with Crippen molar-refractivity contribution in [3.63, 3.8) is 0 Å². The fraction of sp³-hybridized carbons (Fsp3) is 0.250. The van der Waals surface area contributed by atoms with Gasteiger partial charge in [-0.25, -0.2) is 13.1 Å². The van der Waals surface area contributed by atoms with Gasteiger partial charge in [-0.05, 0) is 31.7 Å². The number of anilines is 1. The molecule has 2 aromatic rings. The van der Waals surface area contributed by atoms with Gasteiger partial charge in [0.1, 0.15) is 5.51 Å². The molecule has 7 nitrogen and oxygen atoms in total. The van der Waals surface area contributed by atoms with Crippen LogP contribution < -0.4 is 10.0 Å². The summed E-state index contributed by atoms with van der Waals surface area (Å²) in [5.41, 5.74) is 2.63. The van der Waals surface area contributed by atoms with E-state index in [4.69, 9.17) is 0 Å². The molecule has 1 heterocycles. The summed E-state index contributed by atoms with van der Waals surface area (Å²) in [6.45, 7) is 1.70. The molecule has 0 atom stereocenters. The second-order valence-corrected chi connectivity index (χ2v) is 8.14. The van der Waals surface area contributed by atoms with Crippen molar-refractivity contribution in [2.45, 2.75) is 16.2 Å². The van der Waals surface area contributed by atoms with Gasteiger partial charge in [-0.2, -0.15) is 0 Å². The number of nitrogens with one attached hydrogen (secondary N) is 2. The number of carbonyl (C=O) groups excluding carboxylic acids is 1. The maximum atomic E-state index is 11.9. The van der Waals surface area contributed by atoms with Crippen LogP contribution in [-0.2, 0) is 14.8 Å². The van der Waals surface area contributed by atoms with Gasteiger partial charge >= 0.3 is 0 Å². The number of aromatic nitrogens is 2. The first-order chi connectivity index (χ1) is 10.4. The second-order valence-electron chi connectivity index (χ2n) is 4.23. The Morgan fingerprint density at radius 2 is 2.18 bits per heavy atom. The lowest BCUT2D eigenvalue weighted by molar-refractivity contribution is -0.113. The molecule has 1 amide bonds. The first-order valence-corrected chi connectivity index (χ1v) is 9.50. The number of rotatable bonds is 6. The van der Waals surface area contributed by atoms with Crippen molar-refractivity contribution in [1.29, 1.82) is 0 Å². The molecule has 0 bridgehead atoms. The van der Waals surface area contributed by atoms with Gasteiger partial charge in [-0.1, -0.05) is 29.2 Å². The normalized spacial score (nSPS) is 11.4. The molecule has 0 radical (unpaired) electrons. The standard InChI is InChI=1S/C12H14N4O3S3/c1-8-3-4-9(5-10(8)22(18,19)13-2)15-11(17)6-20-12-16-14-7-21-12/h3-5,7,13H,6H2,1-2H3,(H,15,17). The molecule has 22 heavy (non-hydrogen) atoms. The van der Waals surface area contributed by atoms with Crippen molar-refractivity contribution in [2.24, 2.45) is 0 Å². The number of nitrogens with zero attached hydrogens (tertiary/aromatic N) is 2. The molecule has 1 aromatic carbocycles. The predicted octanol–water partition coefficient (Wildman–Crippen LogP) is 1.49. The van der Waals surface area contributed by atoms with Crippen molar-refractivity contribution >= 4 is 44.7 Å². The van der Waals surface area contributed by atoms with Crippen molar-refractivity contribution in [3.8, 4) is 0 Å². The van der Waals surface area contributed by atoms with E-state index in [0.29, 0.717) is 15.6 Å². The molecule has 118 valence electrons. The van der Waals surface area contributed by atoms with Crippen LogP contribution in [0.15, 0.2) is 32.9 Å². The second kappa shape index (κ2) is 7.18. The molecule has 0 saturated carbocycles. The van der Waals surface area contributed by atoms with E-state index in [0.717, 1.165) is 0 Å². The Balaban J connectivity index is 2.06. The minimum atomic E-state index is -3.56. The number of aryl methyl sites for hydroxylation is 1. The summed E-state index contributed by atoms with van der Waals surface area (Å²) in [5.74, 6) is -0.0613. The highest BCUT2D eigenvalue weighted by Crippen LogP contribution is 2.21. The van der Waals surface area contributed by atoms with E-state index in [1.807, 2.05) is 0 Å². The fourth-order valence-electron chi connectivity index (χ4n) is 1.63. The third-order valence-corrected chi connectivity index (χ3v) is 6.11. The van der Waals surface area contributed by atoms with Crippen molar-refractivity contribution in [2.75, 3.05) is 18.1 Å². The highest BCUT2D eigenvalue weighted by molar-refractivity contribution is 8.01. The third-order valence-electron chi connectivity index (χ3n) is 2.70. The number of benzene rings is 1. The lowest BCUT2D eigenvalue weighted by Gasteiger charge is -2.10. The van der Waals surface area contributed by atoms with Gasteiger partial charge in [0, 0.05) is 5.69 Å². The molecule has 0 aliphatic rings. The number of hydrogen-bond acceptors (Lipinski definition) is 7. The molecular weight excluding hydrogens is 344 g/mol. The summed E-state index contributed by atoms with van der Waals surface area (Å²) in [6, 6.07) is 4.75. The number of sulfonamides is 1. The Hall–Kier alpha value is -1.49. The molecule has 0 aliphatic heterocycles. The van der Waals surface area contributed by atoms with Gasteiger partial charge in [0.15, 0.2) is 4.34 Å². The van der Waals surface area contributed by atoms with Crippen LogP contribution in [0.2, 0.25) is 0 Å². The monoisotopic (exact) mass is 358 g/mol. The summed E-state index contributed by atoms with van der Waals surface area (Å²) < 4.78 is 26.8. The molecule has 0 unspecified atom stereocenters. The minimum absolute atomic E-state index is 0.143. The van der Waals surface area contributed by atoms with Crippen LogP contribution in [0.3, 0.4) is 0 Å². The molecule has 0 aliphatic carbocycles. The van der Waals surface area contributed by atoms with E-state index in [-0.39, 0.29) is 16.6 Å². The van der Waals surface area contributed by atoms with Gasteiger partial charge in [0.25, 0.3) is 0 Å². The van der Waals surface area contributed by atoms with Gasteiger partial charge < -0.3 is 5.32 Å². The third kappa shape index (κ3) is 4.26. The maximum Gasteiger partial charge on any atom is 0.240 e. The van der Waals surface area contributed by atoms with Crippen LogP contribution in [0.25, 0.3) is 0 Å². The quantitative estimate of drug-likeness (QED) is 0.759. The van der Waals surface area contributed by atoms with E-state index in [9.17, 15) is 13.2 Å². The van der Waals surface area contributed by atoms with Gasteiger partial charge in [0.2, 0.25) is 15.9 Å². The molecule has 0 spiro atoms. The summed E-state index contributed by atoms with van der Waals surface area (Å²) in [6.07, 6.45) is 0. The zero-order valence-electron chi connectivity index (χ0n) is 11.9. The lowest BCUT2D eigenvalue weighted by atomic mass is 10.2. The average Bonchev–Trinajstić information content (AvgIpc) is 3.00. The summed E-state index contributed by atoms with van der Waals surface area (Å²) in [7, 11) is -2.21. The smallest absolute Gasteiger partial charge is 0.240 e. The minimum Gasteiger partial charge on any atom is -0.325 e. The zero-order chi connectivity index (χ0) is 16.2. The Kier molecular flexibility index (Phi) is 5.51. The number of hydrogen-bond donors (Lipinski definition) is 2. The van der Waals surface area contributed by atoms with E-state index in [1.54, 1.807) is 24.6 Å². The molecule has 10 heteroatoms. The molecule has 0 fully saturated rings. The summed E-state index contributed by atoms with van der Waals surface area (Å²) in [4.78, 5) is 12.0. The van der Waals surface area contributed by atoms with Crippen LogP contribution in [0.4, 0.5) is 5.69 Å². The molecule has 1 aromatic heterocycles. The highest BCUT2D eigenvalue weighted by atomic mass is 32.2. The molecule has 2 N–H and O–H groups in total. The molecular formula is C12H14N4O3S3. The van der Waals surface area contributed by atoms with Gasteiger partial charge in [-0.3, -0.25) is 4.79 Å². The summed E-state index contributed by atoms with van der Waals surface area (Å²) >= 11 is 2.63. The zero-order valence-corrected chi connectivity index (χ0v) is 14.3. The largest absolute Gasteiger partial charge is 0.325 e. The van der Waals surface area contributed by atoms with Crippen LogP contribution in [0, 0.1) is 6.92 Å². The predicted molar refractivity (Wildman–Crippen MR) is 86.7 cm³/mol. The maximum absolute atomic E-state index is 11.9. The summed E-state index contributed by atoms with van der Waals surface area (Å²) in [5, 5.41) is 10.2. The molecule has 2 rings (SSSR count). The van der Waals surface area contributed by atoms with Gasteiger partial charge in [0.05, 0.1) is 10.6 Å². The van der Waals surface area contributed by atoms with Crippen molar-refractivity contribution < 1.29 is 13.2 Å². The van der Waals surface area contributed by atoms with E-state index in [2.05, 4.69) is 20.2 Å². The van der Waals surface area contributed by atoms with Crippen LogP contribution >= 0.6 is 23.1 Å². The Morgan fingerprint density at radius 3 is 2.82 bits per heavy atom. The first kappa shape index (κ1) is 16.9. The van der Waals surface area contributed by atoms with Crippen LogP contribution in [-0.4, -0.2) is 37.3 Å². The first-order valence-electron chi connectivity index (χ1n) is 6.15. The number of carbonyl (C=O) groups is 1. The Morgan fingerprint density at radius 1 is 1.41 bits per heavy atom. The fourth-order valence-corrected chi connectivity index (χ4v) is 3.91. The van der Waals surface area contributed by atoms with E-state index in [1.165, 1.54) is 36.2 Å². The number of amides is 1. The lowest BCUT2D eigenvalue weighted by Crippen LogP contribution is -2.20. The van der Waals surface area contributed by atoms with Crippen LogP contribution in [0.1, 0.15) is 5.56 Å². The Labute approximate surface area is 136 Å². The Bertz CT molecular complexity index is 760. The van der Waals surface area contributed by atoms with Crippen molar-refractivity contribution in [1.82, 2.24) is 14.9 Å². The van der Waals surface area contributed by atoms with Crippen LogP contribution in [0.5, 0.6) is 0 Å². The SMILES string of the molecule is CNS(=O)(=O)c1cc(NC(=O)CSc2nncs2)ccc1C. The van der Waals surface area contributed by atoms with Crippen molar-refractivity contribution in [3.05, 3.63) is 29.3 Å². The van der Waals surface area contributed by atoms with E-state index < -0.39 is 10.0 Å². The van der Waals surface area contributed by atoms with E-state index >= 15 is 0 Å². The van der Waals surface area contributed by atoms with Gasteiger partial charge in [-0.15, -0.1) is 10.2 Å². The topological polar surface area (TPSA) is 101 Å². The average molecular weight is 358 g/mol. The molecule has 0 saturated heterocycles. The highest BCUT2D eigenvalue weighted by Gasteiger charge is 2.16.